The largest absolute Gasteiger partial charge is 0.478 e. The molecular weight excluding hydrogens is 286 g/mol. The van der Waals surface area contributed by atoms with Gasteiger partial charge in [-0.1, -0.05) is 11.6 Å². The van der Waals surface area contributed by atoms with Crippen molar-refractivity contribution in [1.29, 1.82) is 0 Å². The molecule has 8 heteroatoms. The quantitative estimate of drug-likeness (QED) is 0.690. The lowest BCUT2D eigenvalue weighted by Gasteiger charge is -2.07. The van der Waals surface area contributed by atoms with Gasteiger partial charge >= 0.3 is 5.97 Å². The van der Waals surface area contributed by atoms with Crippen molar-refractivity contribution in [3.8, 4) is 0 Å². The molecule has 0 atom stereocenters. The van der Waals surface area contributed by atoms with Crippen molar-refractivity contribution in [2.24, 2.45) is 0 Å². The average Bonchev–Trinajstić information content (AvgIpc) is 2.73. The molecule has 0 aliphatic heterocycles. The Morgan fingerprint density at radius 2 is 2.25 bits per heavy atom. The van der Waals surface area contributed by atoms with Gasteiger partial charge < -0.3 is 5.11 Å². The Morgan fingerprint density at radius 1 is 1.55 bits per heavy atom. The number of carboxylic acid groups (broad SMARTS) is 1. The Labute approximate surface area is 118 Å². The average molecular weight is 296 g/mol. The maximum Gasteiger partial charge on any atom is 0.339 e. The third kappa shape index (κ3) is 2.62. The number of hydrogen-bond acceptors (Lipinski definition) is 4. The zero-order valence-corrected chi connectivity index (χ0v) is 11.2. The Kier molecular flexibility index (Phi) is 3.71. The Balaban J connectivity index is 2.31. The molecule has 0 bridgehead atoms. The van der Waals surface area contributed by atoms with E-state index in [1.54, 1.807) is 6.92 Å². The van der Waals surface area contributed by atoms with E-state index >= 15 is 0 Å². The molecule has 0 saturated carbocycles. The van der Waals surface area contributed by atoms with Crippen LogP contribution in [0.5, 0.6) is 0 Å². The van der Waals surface area contributed by atoms with E-state index in [0.717, 1.165) is 0 Å². The third-order valence-electron chi connectivity index (χ3n) is 2.90. The van der Waals surface area contributed by atoms with Crippen molar-refractivity contribution < 1.29 is 14.8 Å². The number of aromatic nitrogens is 2. The van der Waals surface area contributed by atoms with Crippen LogP contribution in [0, 0.1) is 17.0 Å². The lowest BCUT2D eigenvalue weighted by molar-refractivity contribution is -0.384. The fraction of sp³-hybridized carbons (Fsp3) is 0.167. The van der Waals surface area contributed by atoms with E-state index < -0.39 is 10.9 Å². The summed E-state index contributed by atoms with van der Waals surface area (Å²) >= 11 is 5.98. The Bertz CT molecular complexity index is 696. The topological polar surface area (TPSA) is 98.3 Å². The zero-order valence-electron chi connectivity index (χ0n) is 10.4. The lowest BCUT2D eigenvalue weighted by Crippen LogP contribution is -2.06. The second-order valence-electron chi connectivity index (χ2n) is 4.14. The minimum atomic E-state index is -1.05. The fourth-order valence-electron chi connectivity index (χ4n) is 1.76. The SMILES string of the molecule is Cc1c(C(=O)O)cnn1Cc1ccc([N+](=O)[O-])cc1Cl. The molecule has 0 fully saturated rings. The van der Waals surface area contributed by atoms with Crippen molar-refractivity contribution in [3.63, 3.8) is 0 Å². The van der Waals surface area contributed by atoms with Crippen LogP contribution in [0.4, 0.5) is 5.69 Å². The van der Waals surface area contributed by atoms with E-state index in [-0.39, 0.29) is 22.8 Å². The van der Waals surface area contributed by atoms with Gasteiger partial charge in [-0.05, 0) is 18.6 Å². The van der Waals surface area contributed by atoms with Crippen LogP contribution in [-0.4, -0.2) is 25.8 Å². The highest BCUT2D eigenvalue weighted by Gasteiger charge is 2.15. The highest BCUT2D eigenvalue weighted by Crippen LogP contribution is 2.23. The zero-order chi connectivity index (χ0) is 14.9. The number of non-ortho nitro benzene ring substituents is 1. The van der Waals surface area contributed by atoms with E-state index in [1.807, 2.05) is 0 Å². The van der Waals surface area contributed by atoms with Crippen LogP contribution in [0.25, 0.3) is 0 Å². The summed E-state index contributed by atoms with van der Waals surface area (Å²) in [5, 5.41) is 23.8. The number of rotatable bonds is 4. The van der Waals surface area contributed by atoms with Crippen molar-refractivity contribution >= 4 is 23.3 Å². The van der Waals surface area contributed by atoms with Gasteiger partial charge in [0.25, 0.3) is 5.69 Å². The molecule has 1 heterocycles. The molecule has 0 saturated heterocycles. The summed E-state index contributed by atoms with van der Waals surface area (Å²) in [5.74, 6) is -1.05. The van der Waals surface area contributed by atoms with E-state index in [0.29, 0.717) is 11.3 Å². The molecule has 0 spiro atoms. The molecule has 2 rings (SSSR count). The number of carboxylic acids is 1. The van der Waals surface area contributed by atoms with Gasteiger partial charge in [-0.3, -0.25) is 14.8 Å². The summed E-state index contributed by atoms with van der Waals surface area (Å²) in [5.41, 5.74) is 1.14. The molecular formula is C12H10ClN3O4. The number of nitro groups is 1. The minimum absolute atomic E-state index is 0.0952. The van der Waals surface area contributed by atoms with Crippen LogP contribution in [0.15, 0.2) is 24.4 Å². The molecule has 0 aliphatic carbocycles. The second-order valence-corrected chi connectivity index (χ2v) is 4.55. The van der Waals surface area contributed by atoms with E-state index in [2.05, 4.69) is 5.10 Å². The highest BCUT2D eigenvalue weighted by atomic mass is 35.5. The van der Waals surface area contributed by atoms with Gasteiger partial charge in [0.2, 0.25) is 0 Å². The lowest BCUT2D eigenvalue weighted by atomic mass is 10.2. The number of aromatic carboxylic acids is 1. The first-order valence-electron chi connectivity index (χ1n) is 5.58. The van der Waals surface area contributed by atoms with Crippen LogP contribution in [0.3, 0.4) is 0 Å². The van der Waals surface area contributed by atoms with Crippen LogP contribution < -0.4 is 0 Å². The molecule has 0 unspecified atom stereocenters. The number of halogens is 1. The predicted molar refractivity (Wildman–Crippen MR) is 71.1 cm³/mol. The van der Waals surface area contributed by atoms with Crippen molar-refractivity contribution in [1.82, 2.24) is 9.78 Å². The monoisotopic (exact) mass is 295 g/mol. The van der Waals surface area contributed by atoms with E-state index in [9.17, 15) is 14.9 Å². The smallest absolute Gasteiger partial charge is 0.339 e. The first kappa shape index (κ1) is 14.0. The number of carbonyl (C=O) groups is 1. The second kappa shape index (κ2) is 5.30. The maximum atomic E-state index is 10.9. The molecule has 20 heavy (non-hydrogen) atoms. The number of benzene rings is 1. The van der Waals surface area contributed by atoms with E-state index in [1.165, 1.54) is 29.1 Å². The summed E-state index contributed by atoms with van der Waals surface area (Å²) in [6.45, 7) is 1.88. The molecule has 104 valence electrons. The van der Waals surface area contributed by atoms with E-state index in [4.69, 9.17) is 16.7 Å². The summed E-state index contributed by atoms with van der Waals surface area (Å²) in [6.07, 6.45) is 1.26. The number of nitro benzene ring substituents is 1. The van der Waals surface area contributed by atoms with Gasteiger partial charge in [-0.15, -0.1) is 0 Å². The molecule has 0 aliphatic rings. The molecule has 1 N–H and O–H groups in total. The van der Waals surface area contributed by atoms with Crippen LogP contribution in [0.1, 0.15) is 21.6 Å². The number of hydrogen-bond donors (Lipinski definition) is 1. The Morgan fingerprint density at radius 3 is 2.75 bits per heavy atom. The first-order valence-corrected chi connectivity index (χ1v) is 5.96. The van der Waals surface area contributed by atoms with Crippen LogP contribution in [0.2, 0.25) is 5.02 Å². The summed E-state index contributed by atoms with van der Waals surface area (Å²) in [4.78, 5) is 21.0. The summed E-state index contributed by atoms with van der Waals surface area (Å²) in [7, 11) is 0. The standard InChI is InChI=1S/C12H10ClN3O4/c1-7-10(12(17)18)5-14-15(7)6-8-2-3-9(16(19)20)4-11(8)13/h2-5H,6H2,1H3,(H,17,18). The summed E-state index contributed by atoms with van der Waals surface area (Å²) < 4.78 is 1.48. The van der Waals surface area contributed by atoms with Crippen molar-refractivity contribution in [2.75, 3.05) is 0 Å². The Hall–Kier alpha value is -2.41. The van der Waals surface area contributed by atoms with Gasteiger partial charge in [-0.25, -0.2) is 4.79 Å². The normalized spacial score (nSPS) is 10.5. The van der Waals surface area contributed by atoms with Gasteiger partial charge in [0.15, 0.2) is 0 Å². The van der Waals surface area contributed by atoms with Crippen LogP contribution in [-0.2, 0) is 6.54 Å². The van der Waals surface area contributed by atoms with Gasteiger partial charge in [0, 0.05) is 12.1 Å². The fourth-order valence-corrected chi connectivity index (χ4v) is 1.99. The van der Waals surface area contributed by atoms with Crippen molar-refractivity contribution in [2.45, 2.75) is 13.5 Å². The molecule has 7 nitrogen and oxygen atoms in total. The minimum Gasteiger partial charge on any atom is -0.478 e. The summed E-state index contributed by atoms with van der Waals surface area (Å²) in [6, 6.07) is 4.13. The molecule has 1 aromatic heterocycles. The van der Waals surface area contributed by atoms with Gasteiger partial charge in [0.1, 0.15) is 5.56 Å². The maximum absolute atomic E-state index is 10.9. The molecule has 0 radical (unpaired) electrons. The highest BCUT2D eigenvalue weighted by molar-refractivity contribution is 6.31. The molecule has 1 aromatic carbocycles. The van der Waals surface area contributed by atoms with Crippen LogP contribution >= 0.6 is 11.6 Å². The van der Waals surface area contributed by atoms with Crippen molar-refractivity contribution in [3.05, 3.63) is 56.4 Å². The number of nitrogens with zero attached hydrogens (tertiary/aromatic N) is 3. The first-order chi connectivity index (χ1) is 9.40. The van der Waals surface area contributed by atoms with Gasteiger partial charge in [-0.2, -0.15) is 5.10 Å². The molecule has 2 aromatic rings. The third-order valence-corrected chi connectivity index (χ3v) is 3.25. The predicted octanol–water partition coefficient (Wildman–Crippen LogP) is 2.50. The molecule has 0 amide bonds. The van der Waals surface area contributed by atoms with Gasteiger partial charge in [0.05, 0.1) is 28.4 Å².